The van der Waals surface area contributed by atoms with E-state index in [1.165, 1.54) is 48.9 Å². The minimum atomic E-state index is 0.591. The van der Waals surface area contributed by atoms with Crippen molar-refractivity contribution in [2.75, 3.05) is 0 Å². The average molecular weight is 398 g/mol. The quantitative estimate of drug-likeness (QED) is 0.486. The highest BCUT2D eigenvalue weighted by Crippen LogP contribution is 2.26. The number of rotatable bonds is 7. The molecule has 0 aliphatic heterocycles. The van der Waals surface area contributed by atoms with Crippen LogP contribution in [0.3, 0.4) is 0 Å². The van der Waals surface area contributed by atoms with Gasteiger partial charge in [0.25, 0.3) is 0 Å². The van der Waals surface area contributed by atoms with Crippen LogP contribution in [0.25, 0.3) is 0 Å². The van der Waals surface area contributed by atoms with Gasteiger partial charge in [-0.15, -0.1) is 0 Å². The van der Waals surface area contributed by atoms with Gasteiger partial charge in [0.05, 0.1) is 11.6 Å². The molecule has 0 amide bonds. The Morgan fingerprint density at radius 3 is 2.47 bits per heavy atom. The highest BCUT2D eigenvalue weighted by molar-refractivity contribution is 5.37. The molecule has 0 spiro atoms. The van der Waals surface area contributed by atoms with E-state index in [4.69, 9.17) is 0 Å². The number of aromatic nitrogens is 1. The minimum Gasteiger partial charge on any atom is -0.346 e. The molecule has 154 valence electrons. The fourth-order valence-corrected chi connectivity index (χ4v) is 4.59. The molecular weight excluding hydrogens is 366 g/mol. The molecule has 1 aliphatic carbocycles. The van der Waals surface area contributed by atoms with Gasteiger partial charge in [0, 0.05) is 37.6 Å². The largest absolute Gasteiger partial charge is 0.346 e. The molecule has 1 saturated carbocycles. The lowest BCUT2D eigenvalue weighted by Crippen LogP contribution is -2.36. The third-order valence-corrected chi connectivity index (χ3v) is 6.36. The van der Waals surface area contributed by atoms with Crippen LogP contribution in [0.1, 0.15) is 60.1 Å². The van der Waals surface area contributed by atoms with Crippen LogP contribution in [-0.4, -0.2) is 15.5 Å². The predicted octanol–water partition coefficient (Wildman–Crippen LogP) is 6.05. The molecule has 3 heteroatoms. The van der Waals surface area contributed by atoms with Gasteiger partial charge in [0.1, 0.15) is 0 Å². The van der Waals surface area contributed by atoms with Crippen LogP contribution in [0.15, 0.2) is 66.9 Å². The standard InChI is InChI=1S/C27H31N3/c1-22-13-15-23(16-14-22)19-29-17-7-12-27(29)21-30(26-10-3-2-4-11-26)20-25-9-6-5-8-24(25)18-28/h5-9,12-17,26H,2-4,10-11,19-21H2,1H3. The van der Waals surface area contributed by atoms with Crippen LogP contribution < -0.4 is 0 Å². The maximum absolute atomic E-state index is 9.55. The van der Waals surface area contributed by atoms with E-state index in [-0.39, 0.29) is 0 Å². The third kappa shape index (κ3) is 5.01. The second kappa shape index (κ2) is 9.78. The fraction of sp³-hybridized carbons (Fsp3) is 0.370. The summed E-state index contributed by atoms with van der Waals surface area (Å²) in [6.07, 6.45) is 8.68. The van der Waals surface area contributed by atoms with Crippen molar-refractivity contribution in [3.05, 3.63) is 94.8 Å². The van der Waals surface area contributed by atoms with Crippen LogP contribution in [0, 0.1) is 18.3 Å². The number of nitriles is 1. The SMILES string of the molecule is Cc1ccc(Cn2cccc2CN(Cc2ccccc2C#N)C2CCCCC2)cc1. The van der Waals surface area contributed by atoms with Gasteiger partial charge < -0.3 is 4.57 Å². The third-order valence-electron chi connectivity index (χ3n) is 6.36. The van der Waals surface area contributed by atoms with Gasteiger partial charge in [-0.05, 0) is 49.1 Å². The lowest BCUT2D eigenvalue weighted by molar-refractivity contribution is 0.136. The first-order chi connectivity index (χ1) is 14.7. The van der Waals surface area contributed by atoms with Gasteiger partial charge in [-0.25, -0.2) is 0 Å². The Kier molecular flexibility index (Phi) is 6.67. The molecule has 0 saturated heterocycles. The molecule has 0 radical (unpaired) electrons. The van der Waals surface area contributed by atoms with E-state index in [2.05, 4.69) is 77.2 Å². The maximum atomic E-state index is 9.55. The van der Waals surface area contributed by atoms with Crippen LogP contribution >= 0.6 is 0 Å². The Labute approximate surface area is 180 Å². The first-order valence-corrected chi connectivity index (χ1v) is 11.1. The number of hydrogen-bond acceptors (Lipinski definition) is 2. The van der Waals surface area contributed by atoms with Gasteiger partial charge in [-0.1, -0.05) is 67.3 Å². The smallest absolute Gasteiger partial charge is 0.0995 e. The van der Waals surface area contributed by atoms with Gasteiger partial charge in [-0.2, -0.15) is 5.26 Å². The molecule has 2 aromatic carbocycles. The van der Waals surface area contributed by atoms with Gasteiger partial charge in [-0.3, -0.25) is 4.90 Å². The second-order valence-corrected chi connectivity index (χ2v) is 8.58. The van der Waals surface area contributed by atoms with E-state index in [1.54, 1.807) is 0 Å². The van der Waals surface area contributed by atoms with Crippen LogP contribution in [0.2, 0.25) is 0 Å². The summed E-state index contributed by atoms with van der Waals surface area (Å²) in [5.74, 6) is 0. The molecule has 1 fully saturated rings. The van der Waals surface area contributed by atoms with Crippen molar-refractivity contribution < 1.29 is 0 Å². The fourth-order valence-electron chi connectivity index (χ4n) is 4.59. The van der Waals surface area contributed by atoms with E-state index in [9.17, 15) is 5.26 Å². The van der Waals surface area contributed by atoms with E-state index in [0.29, 0.717) is 6.04 Å². The molecule has 0 unspecified atom stereocenters. The van der Waals surface area contributed by atoms with Gasteiger partial charge in [0.15, 0.2) is 0 Å². The zero-order valence-corrected chi connectivity index (χ0v) is 17.9. The summed E-state index contributed by atoms with van der Waals surface area (Å²) >= 11 is 0. The topological polar surface area (TPSA) is 32.0 Å². The van der Waals surface area contributed by atoms with Crippen LogP contribution in [0.5, 0.6) is 0 Å². The molecule has 0 bridgehead atoms. The van der Waals surface area contributed by atoms with Crippen molar-refractivity contribution in [3.8, 4) is 6.07 Å². The zero-order chi connectivity index (χ0) is 20.8. The molecule has 0 N–H and O–H groups in total. The van der Waals surface area contributed by atoms with Crippen molar-refractivity contribution in [3.63, 3.8) is 0 Å². The van der Waals surface area contributed by atoms with E-state index in [0.717, 1.165) is 30.8 Å². The zero-order valence-electron chi connectivity index (χ0n) is 17.9. The van der Waals surface area contributed by atoms with Crippen molar-refractivity contribution >= 4 is 0 Å². The number of hydrogen-bond donors (Lipinski definition) is 0. The van der Waals surface area contributed by atoms with Crippen LogP contribution in [0.4, 0.5) is 0 Å². The number of aryl methyl sites for hydroxylation is 1. The predicted molar refractivity (Wildman–Crippen MR) is 122 cm³/mol. The first kappa shape index (κ1) is 20.4. The number of benzene rings is 2. The summed E-state index contributed by atoms with van der Waals surface area (Å²) in [4.78, 5) is 2.61. The van der Waals surface area contributed by atoms with Crippen molar-refractivity contribution in [2.45, 2.75) is 64.7 Å². The highest BCUT2D eigenvalue weighted by Gasteiger charge is 2.23. The minimum absolute atomic E-state index is 0.591. The molecule has 3 nitrogen and oxygen atoms in total. The Morgan fingerprint density at radius 1 is 0.933 bits per heavy atom. The van der Waals surface area contributed by atoms with Crippen molar-refractivity contribution in [1.82, 2.24) is 9.47 Å². The molecule has 1 heterocycles. The molecule has 3 aromatic rings. The molecular formula is C27H31N3. The normalized spacial score (nSPS) is 14.7. The maximum Gasteiger partial charge on any atom is 0.0995 e. The van der Waals surface area contributed by atoms with Crippen molar-refractivity contribution in [1.29, 1.82) is 5.26 Å². The molecule has 0 atom stereocenters. The Balaban J connectivity index is 1.55. The molecule has 30 heavy (non-hydrogen) atoms. The molecule has 1 aliphatic rings. The Bertz CT molecular complexity index is 987. The summed E-state index contributed by atoms with van der Waals surface area (Å²) < 4.78 is 2.37. The lowest BCUT2D eigenvalue weighted by Gasteiger charge is -2.35. The first-order valence-electron chi connectivity index (χ1n) is 11.1. The van der Waals surface area contributed by atoms with E-state index in [1.807, 2.05) is 12.1 Å². The summed E-state index contributed by atoms with van der Waals surface area (Å²) in [5, 5.41) is 9.55. The van der Waals surface area contributed by atoms with Crippen molar-refractivity contribution in [2.24, 2.45) is 0 Å². The van der Waals surface area contributed by atoms with Crippen LogP contribution in [-0.2, 0) is 19.6 Å². The van der Waals surface area contributed by atoms with Gasteiger partial charge >= 0.3 is 0 Å². The summed E-state index contributed by atoms with van der Waals surface area (Å²) in [7, 11) is 0. The Hall–Kier alpha value is -2.83. The summed E-state index contributed by atoms with van der Waals surface area (Å²) in [6.45, 7) is 4.79. The summed E-state index contributed by atoms with van der Waals surface area (Å²) in [6, 6.07) is 24.3. The average Bonchev–Trinajstić information content (AvgIpc) is 3.22. The molecule has 4 rings (SSSR count). The summed E-state index contributed by atoms with van der Waals surface area (Å²) in [5.41, 5.74) is 5.91. The van der Waals surface area contributed by atoms with Gasteiger partial charge in [0.2, 0.25) is 0 Å². The second-order valence-electron chi connectivity index (χ2n) is 8.58. The highest BCUT2D eigenvalue weighted by atomic mass is 15.2. The van der Waals surface area contributed by atoms with E-state index >= 15 is 0 Å². The molecule has 1 aromatic heterocycles. The number of nitrogens with zero attached hydrogens (tertiary/aromatic N) is 3. The monoisotopic (exact) mass is 397 g/mol. The van der Waals surface area contributed by atoms with E-state index < -0.39 is 0 Å². The Morgan fingerprint density at radius 2 is 1.70 bits per heavy atom. The lowest BCUT2D eigenvalue weighted by atomic mass is 9.93.